The molecule has 0 spiro atoms. The summed E-state index contributed by atoms with van der Waals surface area (Å²) in [5.74, 6) is -0.768. The molecule has 1 aliphatic rings. The van der Waals surface area contributed by atoms with Crippen molar-refractivity contribution in [1.29, 1.82) is 0 Å². The monoisotopic (exact) mass is 438 g/mol. The number of hydrogen-bond acceptors (Lipinski definition) is 2. The zero-order valence-corrected chi connectivity index (χ0v) is 16.5. The molecule has 2 aromatic rings. The van der Waals surface area contributed by atoms with Crippen LogP contribution in [0.2, 0.25) is 5.02 Å². The molecule has 7 heteroatoms. The van der Waals surface area contributed by atoms with Gasteiger partial charge in [-0.1, -0.05) is 27.5 Å². The average molecular weight is 440 g/mol. The molecule has 1 heterocycles. The summed E-state index contributed by atoms with van der Waals surface area (Å²) in [5.41, 5.74) is 1.84. The molecule has 0 radical (unpaired) electrons. The molecule has 26 heavy (non-hydrogen) atoms. The van der Waals surface area contributed by atoms with Crippen molar-refractivity contribution in [2.45, 2.75) is 6.92 Å². The number of rotatable bonds is 2. The van der Waals surface area contributed by atoms with Crippen molar-refractivity contribution in [3.05, 3.63) is 68.4 Å². The molecule has 0 unspecified atom stereocenters. The number of nitrogens with zero attached hydrogens (tertiary/aromatic N) is 2. The van der Waals surface area contributed by atoms with Crippen LogP contribution in [-0.4, -0.2) is 47.8 Å². The highest BCUT2D eigenvalue weighted by molar-refractivity contribution is 9.10. The lowest BCUT2D eigenvalue weighted by molar-refractivity contribution is 0.0535. The molecule has 0 saturated carbocycles. The second-order valence-corrected chi connectivity index (χ2v) is 7.49. The van der Waals surface area contributed by atoms with E-state index in [-0.39, 0.29) is 22.4 Å². The highest BCUT2D eigenvalue weighted by Crippen LogP contribution is 2.21. The molecule has 0 aromatic heterocycles. The van der Waals surface area contributed by atoms with Crippen LogP contribution in [0.3, 0.4) is 0 Å². The lowest BCUT2D eigenvalue weighted by Gasteiger charge is -2.35. The van der Waals surface area contributed by atoms with Crippen molar-refractivity contribution in [3.63, 3.8) is 0 Å². The fourth-order valence-electron chi connectivity index (χ4n) is 2.98. The Hall–Kier alpha value is -1.92. The normalized spacial score (nSPS) is 14.5. The highest BCUT2D eigenvalue weighted by atomic mass is 79.9. The average Bonchev–Trinajstić information content (AvgIpc) is 2.61. The van der Waals surface area contributed by atoms with Crippen LogP contribution in [0.4, 0.5) is 4.39 Å². The first-order valence-electron chi connectivity index (χ1n) is 8.16. The summed E-state index contributed by atoms with van der Waals surface area (Å²) in [5, 5.41) is 0.0963. The summed E-state index contributed by atoms with van der Waals surface area (Å²) < 4.78 is 14.1. The van der Waals surface area contributed by atoms with E-state index in [1.807, 2.05) is 19.1 Å². The fraction of sp³-hybridized carbons (Fsp3) is 0.263. The summed E-state index contributed by atoms with van der Waals surface area (Å²) in [6.07, 6.45) is 0. The Labute approximate surface area is 164 Å². The number of hydrogen-bond donors (Lipinski definition) is 0. The van der Waals surface area contributed by atoms with Gasteiger partial charge in [-0.15, -0.1) is 0 Å². The molecule has 0 aliphatic carbocycles. The summed E-state index contributed by atoms with van der Waals surface area (Å²) >= 11 is 9.37. The van der Waals surface area contributed by atoms with E-state index in [2.05, 4.69) is 15.9 Å². The molecule has 4 nitrogen and oxygen atoms in total. The zero-order valence-electron chi connectivity index (χ0n) is 14.1. The standard InChI is InChI=1S/C19H17BrClFN2O2/c1-12-10-13(20)2-4-15(12)18(25)23-6-8-24(9-7-23)19(26)16-5-3-14(22)11-17(16)21/h2-5,10-11H,6-9H2,1H3. The van der Waals surface area contributed by atoms with Crippen LogP contribution in [0, 0.1) is 12.7 Å². The summed E-state index contributed by atoms with van der Waals surface area (Å²) in [6.45, 7) is 3.60. The third-order valence-corrected chi connectivity index (χ3v) is 5.24. The van der Waals surface area contributed by atoms with Gasteiger partial charge >= 0.3 is 0 Å². The predicted molar refractivity (Wildman–Crippen MR) is 102 cm³/mol. The lowest BCUT2D eigenvalue weighted by atomic mass is 10.1. The molecule has 3 rings (SSSR count). The van der Waals surface area contributed by atoms with E-state index < -0.39 is 5.82 Å². The second kappa shape index (κ2) is 7.76. The number of benzene rings is 2. The van der Waals surface area contributed by atoms with Crippen LogP contribution in [0.1, 0.15) is 26.3 Å². The molecule has 0 N–H and O–H groups in total. The van der Waals surface area contributed by atoms with Crippen molar-refractivity contribution >= 4 is 39.3 Å². The van der Waals surface area contributed by atoms with Gasteiger partial charge in [0.2, 0.25) is 0 Å². The molecule has 0 atom stereocenters. The van der Waals surface area contributed by atoms with Crippen molar-refractivity contribution < 1.29 is 14.0 Å². The van der Waals surface area contributed by atoms with Crippen molar-refractivity contribution in [2.75, 3.05) is 26.2 Å². The Bertz CT molecular complexity index is 795. The van der Waals surface area contributed by atoms with E-state index in [4.69, 9.17) is 11.6 Å². The molecule has 1 fully saturated rings. The van der Waals surface area contributed by atoms with Gasteiger partial charge < -0.3 is 9.80 Å². The maximum absolute atomic E-state index is 13.2. The Kier molecular flexibility index (Phi) is 5.63. The van der Waals surface area contributed by atoms with Crippen LogP contribution in [0.5, 0.6) is 0 Å². The number of carbonyl (C=O) groups is 2. The van der Waals surface area contributed by atoms with Crippen LogP contribution >= 0.6 is 27.5 Å². The molecular weight excluding hydrogens is 423 g/mol. The van der Waals surface area contributed by atoms with E-state index in [1.54, 1.807) is 15.9 Å². The Balaban J connectivity index is 1.67. The van der Waals surface area contributed by atoms with Crippen LogP contribution < -0.4 is 0 Å². The van der Waals surface area contributed by atoms with Crippen LogP contribution in [0.15, 0.2) is 40.9 Å². The molecule has 1 aliphatic heterocycles. The third-order valence-electron chi connectivity index (χ3n) is 4.43. The SMILES string of the molecule is Cc1cc(Br)ccc1C(=O)N1CCN(C(=O)c2ccc(F)cc2Cl)CC1. The smallest absolute Gasteiger partial charge is 0.255 e. The van der Waals surface area contributed by atoms with Crippen molar-refractivity contribution in [2.24, 2.45) is 0 Å². The Morgan fingerprint density at radius 3 is 2.04 bits per heavy atom. The minimum atomic E-state index is -0.480. The molecule has 2 amide bonds. The summed E-state index contributed by atoms with van der Waals surface area (Å²) in [6, 6.07) is 9.29. The van der Waals surface area contributed by atoms with Gasteiger partial charge in [-0.2, -0.15) is 0 Å². The lowest BCUT2D eigenvalue weighted by Crippen LogP contribution is -2.50. The quantitative estimate of drug-likeness (QED) is 0.705. The predicted octanol–water partition coefficient (Wildman–Crippen LogP) is 4.15. The summed E-state index contributed by atoms with van der Waals surface area (Å²) in [7, 11) is 0. The molecule has 0 bridgehead atoms. The number of carbonyl (C=O) groups excluding carboxylic acids is 2. The first-order valence-corrected chi connectivity index (χ1v) is 9.33. The van der Waals surface area contributed by atoms with Gasteiger partial charge in [-0.3, -0.25) is 9.59 Å². The van der Waals surface area contributed by atoms with Gasteiger partial charge in [0.05, 0.1) is 10.6 Å². The number of amides is 2. The summed E-state index contributed by atoms with van der Waals surface area (Å²) in [4.78, 5) is 28.7. The zero-order chi connectivity index (χ0) is 18.8. The Morgan fingerprint density at radius 2 is 1.50 bits per heavy atom. The first-order chi connectivity index (χ1) is 12.4. The minimum Gasteiger partial charge on any atom is -0.335 e. The van der Waals surface area contributed by atoms with Gasteiger partial charge in [0, 0.05) is 36.2 Å². The molecule has 1 saturated heterocycles. The van der Waals surface area contributed by atoms with Gasteiger partial charge in [-0.05, 0) is 48.9 Å². The maximum Gasteiger partial charge on any atom is 0.255 e. The minimum absolute atomic E-state index is 0.0399. The van der Waals surface area contributed by atoms with E-state index in [1.165, 1.54) is 12.1 Å². The van der Waals surface area contributed by atoms with Crippen LogP contribution in [-0.2, 0) is 0 Å². The number of aryl methyl sites for hydroxylation is 1. The van der Waals surface area contributed by atoms with Crippen molar-refractivity contribution in [1.82, 2.24) is 9.80 Å². The van der Waals surface area contributed by atoms with Crippen molar-refractivity contribution in [3.8, 4) is 0 Å². The topological polar surface area (TPSA) is 40.6 Å². The Morgan fingerprint density at radius 1 is 0.962 bits per heavy atom. The van der Waals surface area contributed by atoms with E-state index in [0.29, 0.717) is 31.7 Å². The molecular formula is C19H17BrClFN2O2. The maximum atomic E-state index is 13.2. The van der Waals surface area contributed by atoms with Gasteiger partial charge in [0.15, 0.2) is 0 Å². The largest absolute Gasteiger partial charge is 0.335 e. The van der Waals surface area contributed by atoms with E-state index in [0.717, 1.165) is 16.1 Å². The van der Waals surface area contributed by atoms with Gasteiger partial charge in [0.1, 0.15) is 5.82 Å². The van der Waals surface area contributed by atoms with E-state index in [9.17, 15) is 14.0 Å². The first kappa shape index (κ1) is 18.9. The van der Waals surface area contributed by atoms with E-state index >= 15 is 0 Å². The van der Waals surface area contributed by atoms with Crippen LogP contribution in [0.25, 0.3) is 0 Å². The van der Waals surface area contributed by atoms with Gasteiger partial charge in [0.25, 0.3) is 11.8 Å². The molecule has 136 valence electrons. The third kappa shape index (κ3) is 3.91. The fourth-order valence-corrected chi connectivity index (χ4v) is 3.71. The molecule has 2 aromatic carbocycles. The second-order valence-electron chi connectivity index (χ2n) is 6.17. The number of halogens is 3. The van der Waals surface area contributed by atoms with Gasteiger partial charge in [-0.25, -0.2) is 4.39 Å². The highest BCUT2D eigenvalue weighted by Gasteiger charge is 2.27. The number of piperazine rings is 1.